The highest BCUT2D eigenvalue weighted by atomic mass is 19.1. The largest absolute Gasteiger partial charge is 0.489 e. The predicted octanol–water partition coefficient (Wildman–Crippen LogP) is 2.52. The van der Waals surface area contributed by atoms with E-state index in [1.807, 2.05) is 6.92 Å². The second kappa shape index (κ2) is 8.35. The first kappa shape index (κ1) is 19.1. The van der Waals surface area contributed by atoms with Crippen molar-refractivity contribution in [2.75, 3.05) is 11.9 Å². The van der Waals surface area contributed by atoms with E-state index in [1.165, 1.54) is 29.8 Å². The average Bonchev–Trinajstić information content (AvgIpc) is 3.09. The van der Waals surface area contributed by atoms with Crippen LogP contribution in [0.15, 0.2) is 36.7 Å². The van der Waals surface area contributed by atoms with Crippen LogP contribution in [0.25, 0.3) is 5.65 Å². The minimum Gasteiger partial charge on any atom is -0.489 e. The summed E-state index contributed by atoms with van der Waals surface area (Å²) in [6.45, 7) is 3.92. The van der Waals surface area contributed by atoms with E-state index in [9.17, 15) is 9.18 Å². The Morgan fingerprint density at radius 3 is 2.93 bits per heavy atom. The first-order valence-corrected chi connectivity index (χ1v) is 8.64. The molecule has 1 unspecified atom stereocenters. The molecule has 0 radical (unpaired) electrons. The molecule has 3 aromatic rings. The number of hydrogen-bond donors (Lipinski definition) is 2. The molecule has 1 aromatic carbocycles. The molecule has 28 heavy (non-hydrogen) atoms. The first-order chi connectivity index (χ1) is 13.5. The fourth-order valence-electron chi connectivity index (χ4n) is 2.70. The molecule has 1 aliphatic rings. The van der Waals surface area contributed by atoms with Crippen molar-refractivity contribution >= 4 is 17.4 Å². The van der Waals surface area contributed by atoms with Gasteiger partial charge in [-0.2, -0.15) is 10.4 Å². The van der Waals surface area contributed by atoms with E-state index in [0.29, 0.717) is 41.4 Å². The number of carbonyl (C=O) groups is 1. The van der Waals surface area contributed by atoms with Crippen molar-refractivity contribution in [1.29, 1.82) is 5.26 Å². The molecule has 9 heteroatoms. The molecular weight excluding hydrogens is 363 g/mol. The van der Waals surface area contributed by atoms with E-state index in [1.54, 1.807) is 24.4 Å². The van der Waals surface area contributed by atoms with Crippen LogP contribution < -0.4 is 15.4 Å². The molecule has 3 heterocycles. The number of amides is 1. The van der Waals surface area contributed by atoms with Gasteiger partial charge in [-0.1, -0.05) is 0 Å². The number of nitrogens with one attached hydrogen (secondary N) is 2. The topological polar surface area (TPSA) is 104 Å². The maximum atomic E-state index is 13.6. The van der Waals surface area contributed by atoms with Gasteiger partial charge in [-0.3, -0.25) is 4.79 Å². The maximum absolute atomic E-state index is 13.6. The van der Waals surface area contributed by atoms with Gasteiger partial charge in [0.15, 0.2) is 5.65 Å². The molecule has 2 aromatic heterocycles. The van der Waals surface area contributed by atoms with Crippen LogP contribution in [0, 0.1) is 17.1 Å². The number of ether oxygens (including phenoxy) is 1. The Morgan fingerprint density at radius 2 is 2.14 bits per heavy atom. The molecule has 0 saturated carbocycles. The van der Waals surface area contributed by atoms with Crippen molar-refractivity contribution in [3.05, 3.63) is 53.6 Å². The lowest BCUT2D eigenvalue weighted by atomic mass is 10.2. The van der Waals surface area contributed by atoms with E-state index in [2.05, 4.69) is 20.7 Å². The van der Waals surface area contributed by atoms with Gasteiger partial charge in [0, 0.05) is 25.2 Å². The highest BCUT2D eigenvalue weighted by molar-refractivity contribution is 5.99. The number of rotatable bonds is 0. The van der Waals surface area contributed by atoms with Gasteiger partial charge in [0.05, 0.1) is 18.8 Å². The van der Waals surface area contributed by atoms with E-state index in [0.717, 1.165) is 0 Å². The smallest absolute Gasteiger partial charge is 0.256 e. The highest BCUT2D eigenvalue weighted by Crippen LogP contribution is 2.23. The van der Waals surface area contributed by atoms with E-state index < -0.39 is 0 Å². The Balaban J connectivity index is 0.000000706. The van der Waals surface area contributed by atoms with Crippen molar-refractivity contribution < 1.29 is 13.9 Å². The molecule has 1 amide bonds. The number of hydrogen-bond acceptors (Lipinski definition) is 6. The molecule has 0 aliphatic carbocycles. The van der Waals surface area contributed by atoms with Crippen molar-refractivity contribution in [2.24, 2.45) is 0 Å². The van der Waals surface area contributed by atoms with Crippen LogP contribution in [-0.2, 0) is 6.54 Å². The Labute approximate surface area is 161 Å². The normalized spacial score (nSPS) is 15.9. The predicted molar refractivity (Wildman–Crippen MR) is 100 cm³/mol. The van der Waals surface area contributed by atoms with Gasteiger partial charge in [0.1, 0.15) is 29.1 Å². The molecule has 0 saturated heterocycles. The number of nitriles is 1. The fraction of sp³-hybridized carbons (Fsp3) is 0.263. The summed E-state index contributed by atoms with van der Waals surface area (Å²) < 4.78 is 21.0. The Kier molecular flexibility index (Phi) is 5.69. The first-order valence-electron chi connectivity index (χ1n) is 8.64. The molecule has 144 valence electrons. The van der Waals surface area contributed by atoms with Gasteiger partial charge >= 0.3 is 0 Å². The lowest BCUT2D eigenvalue weighted by Gasteiger charge is -2.18. The van der Waals surface area contributed by atoms with Crippen molar-refractivity contribution in [2.45, 2.75) is 26.5 Å². The van der Waals surface area contributed by atoms with Gasteiger partial charge in [0.25, 0.3) is 5.91 Å². The summed E-state index contributed by atoms with van der Waals surface area (Å²) in [5.74, 6) is 0.521. The fourth-order valence-corrected chi connectivity index (χ4v) is 2.70. The van der Waals surface area contributed by atoms with Crippen LogP contribution in [0.3, 0.4) is 0 Å². The summed E-state index contributed by atoms with van der Waals surface area (Å²) in [4.78, 5) is 16.8. The molecule has 4 rings (SSSR count). The molecule has 0 spiro atoms. The molecule has 1 atom stereocenters. The van der Waals surface area contributed by atoms with Crippen molar-refractivity contribution in [3.8, 4) is 11.8 Å². The molecule has 8 nitrogen and oxygen atoms in total. The van der Waals surface area contributed by atoms with E-state index in [-0.39, 0.29) is 17.8 Å². The minimum atomic E-state index is -0.337. The summed E-state index contributed by atoms with van der Waals surface area (Å²) >= 11 is 0. The molecule has 2 bridgehead atoms. The molecular formula is C19H19FN6O2. The standard InChI is InChI=1S/C17H16FN5O2.C2H3N/c1-10-7-20-17(24)13-9-21-23-5-4-15(22-16(13)23)19-8-11-6-12(18)2-3-14(11)25-10;1-2-3/h2-6,9-10H,7-8H2,1H3,(H,19,22)(H,20,24);1H3. The zero-order valence-corrected chi connectivity index (χ0v) is 15.4. The number of anilines is 1. The van der Waals surface area contributed by atoms with E-state index >= 15 is 0 Å². The second-order valence-electron chi connectivity index (χ2n) is 6.11. The maximum Gasteiger partial charge on any atom is 0.256 e. The number of nitrogens with zero attached hydrogens (tertiary/aromatic N) is 4. The van der Waals surface area contributed by atoms with Gasteiger partial charge in [0.2, 0.25) is 0 Å². The van der Waals surface area contributed by atoms with Gasteiger partial charge in [-0.15, -0.1) is 0 Å². The number of halogens is 1. The monoisotopic (exact) mass is 382 g/mol. The third kappa shape index (κ3) is 4.17. The average molecular weight is 382 g/mol. The van der Waals surface area contributed by atoms with Gasteiger partial charge < -0.3 is 15.4 Å². The summed E-state index contributed by atoms with van der Waals surface area (Å²) in [5.41, 5.74) is 1.52. The van der Waals surface area contributed by atoms with Crippen LogP contribution in [0.5, 0.6) is 5.75 Å². The Morgan fingerprint density at radius 1 is 1.36 bits per heavy atom. The van der Waals surface area contributed by atoms with Crippen molar-refractivity contribution in [3.63, 3.8) is 0 Å². The molecule has 2 N–H and O–H groups in total. The summed E-state index contributed by atoms with van der Waals surface area (Å²) in [5, 5.41) is 17.4. The highest BCUT2D eigenvalue weighted by Gasteiger charge is 2.17. The molecule has 1 aliphatic heterocycles. The quantitative estimate of drug-likeness (QED) is 0.619. The third-order valence-electron chi connectivity index (χ3n) is 3.97. The zero-order chi connectivity index (χ0) is 20.1. The SMILES string of the molecule is CC#N.CC1CNC(=O)c2cnn3ccc(nc23)NCc2cc(F)ccc2O1. The van der Waals surface area contributed by atoms with E-state index in [4.69, 9.17) is 10.00 Å². The van der Waals surface area contributed by atoms with Gasteiger partial charge in [-0.25, -0.2) is 13.9 Å². The number of benzene rings is 1. The lowest BCUT2D eigenvalue weighted by Crippen LogP contribution is -2.33. The lowest BCUT2D eigenvalue weighted by molar-refractivity contribution is 0.0933. The number of aromatic nitrogens is 3. The second-order valence-corrected chi connectivity index (χ2v) is 6.11. The Bertz CT molecular complexity index is 1040. The summed E-state index contributed by atoms with van der Waals surface area (Å²) in [6, 6.07) is 7.86. The van der Waals surface area contributed by atoms with Crippen LogP contribution in [-0.4, -0.2) is 33.2 Å². The minimum absolute atomic E-state index is 0.270. The third-order valence-corrected chi connectivity index (χ3v) is 3.97. The van der Waals surface area contributed by atoms with Crippen LogP contribution in [0.2, 0.25) is 0 Å². The van der Waals surface area contributed by atoms with Crippen LogP contribution >= 0.6 is 0 Å². The molecule has 0 fully saturated rings. The number of fused-ring (bicyclic) bond motifs is 2. The number of carbonyl (C=O) groups excluding carboxylic acids is 1. The summed E-state index contributed by atoms with van der Waals surface area (Å²) in [6.07, 6.45) is 2.92. The summed E-state index contributed by atoms with van der Waals surface area (Å²) in [7, 11) is 0. The Hall–Kier alpha value is -3.67. The van der Waals surface area contributed by atoms with Gasteiger partial charge in [-0.05, 0) is 31.2 Å². The van der Waals surface area contributed by atoms with Crippen LogP contribution in [0.4, 0.5) is 10.2 Å². The van der Waals surface area contributed by atoms with Crippen molar-refractivity contribution in [1.82, 2.24) is 19.9 Å². The zero-order valence-electron chi connectivity index (χ0n) is 15.4. The van der Waals surface area contributed by atoms with Crippen LogP contribution in [0.1, 0.15) is 29.8 Å².